The molecule has 0 saturated heterocycles. The molecule has 0 aromatic rings. The number of aliphatic hydroxyl groups is 2. The van der Waals surface area contributed by atoms with E-state index in [9.17, 15) is 34.1 Å². The van der Waals surface area contributed by atoms with E-state index < -0.39 is 50.6 Å². The highest BCUT2D eigenvalue weighted by Crippen LogP contribution is 2.43. The van der Waals surface area contributed by atoms with Gasteiger partial charge in [-0.3, -0.25) is 23.4 Å². The van der Waals surface area contributed by atoms with Gasteiger partial charge in [0.05, 0.1) is 25.4 Å². The summed E-state index contributed by atoms with van der Waals surface area (Å²) in [6.07, 6.45) is 25.8. The number of Topliss-reactive ketones (excluding diaryl/α,β-unsaturated/α-hetero) is 1. The summed E-state index contributed by atoms with van der Waals surface area (Å²) in [6.45, 7) is 3.32. The fourth-order valence-electron chi connectivity index (χ4n) is 6.50. The molecule has 0 bridgehead atoms. The van der Waals surface area contributed by atoms with E-state index in [0.29, 0.717) is 32.1 Å². The third-order valence-electron chi connectivity index (χ3n) is 9.72. The van der Waals surface area contributed by atoms with Crippen molar-refractivity contribution in [2.45, 2.75) is 180 Å². The van der Waals surface area contributed by atoms with Gasteiger partial charge in [0.15, 0.2) is 6.10 Å². The van der Waals surface area contributed by atoms with Crippen molar-refractivity contribution in [3.8, 4) is 0 Å². The highest BCUT2D eigenvalue weighted by Gasteiger charge is 2.39. The molecule has 6 atom stereocenters. The number of rotatable bonds is 35. The number of unbranched alkanes of at least 4 members (excludes halogenated alkanes) is 15. The summed E-state index contributed by atoms with van der Waals surface area (Å²) < 4.78 is 32.7. The van der Waals surface area contributed by atoms with Crippen LogP contribution >= 0.6 is 7.82 Å². The summed E-state index contributed by atoms with van der Waals surface area (Å²) >= 11 is 0. The number of phosphoric ester groups is 1. The minimum atomic E-state index is -4.44. The van der Waals surface area contributed by atoms with E-state index in [2.05, 4.69) is 13.8 Å². The van der Waals surface area contributed by atoms with Crippen LogP contribution < -0.4 is 5.73 Å². The fraction of sp³-hybridized carbons (Fsp3) is 0.829. The Morgan fingerprint density at radius 2 is 1.43 bits per heavy atom. The molecule has 0 radical (unpaired) electrons. The van der Waals surface area contributed by atoms with Crippen LogP contribution in [0, 0.1) is 11.8 Å². The Kier molecular flexibility index (Phi) is 29.9. The molecule has 0 aromatic carbocycles. The van der Waals surface area contributed by atoms with E-state index in [1.54, 1.807) is 12.2 Å². The van der Waals surface area contributed by atoms with Gasteiger partial charge in [-0.2, -0.15) is 0 Å². The van der Waals surface area contributed by atoms with Crippen molar-refractivity contribution in [2.75, 3.05) is 26.4 Å². The van der Waals surface area contributed by atoms with E-state index in [4.69, 9.17) is 24.3 Å². The SMILES string of the molecule is CCCCCCCCCCCCCCCC(=O)O[C@H](COC(=O)CCC/C=C\C[C@H]1[C@@H](O)CC(=O)[C@@H]1/C=C/[C@@H](O)CCCCC)COP(=O)(O)OCCN. The second-order valence-electron chi connectivity index (χ2n) is 14.6. The molecule has 0 heterocycles. The number of nitrogens with two attached hydrogens (primary N) is 1. The lowest BCUT2D eigenvalue weighted by atomic mass is 9.90. The topological polar surface area (TPSA) is 192 Å². The maximum atomic E-state index is 12.6. The molecule has 1 aliphatic rings. The Balaban J connectivity index is 2.43. The average molecular weight is 788 g/mol. The zero-order valence-corrected chi connectivity index (χ0v) is 34.3. The van der Waals surface area contributed by atoms with Gasteiger partial charge < -0.3 is 30.3 Å². The number of phosphoric acid groups is 1. The van der Waals surface area contributed by atoms with Crippen molar-refractivity contribution >= 4 is 25.5 Å². The number of hydrogen-bond acceptors (Lipinski definition) is 11. The van der Waals surface area contributed by atoms with E-state index in [-0.39, 0.29) is 50.7 Å². The highest BCUT2D eigenvalue weighted by molar-refractivity contribution is 7.47. The number of ketones is 1. The first-order valence-electron chi connectivity index (χ1n) is 20.9. The quantitative estimate of drug-likeness (QED) is 0.0209. The normalized spacial score (nSPS) is 19.7. The van der Waals surface area contributed by atoms with Crippen LogP contribution in [-0.4, -0.2) is 77.5 Å². The van der Waals surface area contributed by atoms with Crippen molar-refractivity contribution in [2.24, 2.45) is 17.6 Å². The Morgan fingerprint density at radius 3 is 2.06 bits per heavy atom. The lowest BCUT2D eigenvalue weighted by Crippen LogP contribution is -2.29. The van der Waals surface area contributed by atoms with E-state index >= 15 is 0 Å². The number of aliphatic hydroxyl groups excluding tert-OH is 2. The molecular formula is C41H74NO11P. The lowest BCUT2D eigenvalue weighted by molar-refractivity contribution is -0.161. The van der Waals surface area contributed by atoms with E-state index in [1.807, 2.05) is 12.2 Å². The molecule has 0 aliphatic heterocycles. The summed E-state index contributed by atoms with van der Waals surface area (Å²) in [5, 5.41) is 20.7. The van der Waals surface area contributed by atoms with Crippen molar-refractivity contribution in [1.82, 2.24) is 0 Å². The van der Waals surface area contributed by atoms with Crippen molar-refractivity contribution < 1.29 is 52.6 Å². The molecule has 0 spiro atoms. The van der Waals surface area contributed by atoms with Crippen LogP contribution in [0.25, 0.3) is 0 Å². The second kappa shape index (κ2) is 32.2. The van der Waals surface area contributed by atoms with Crippen LogP contribution in [0.2, 0.25) is 0 Å². The molecule has 54 heavy (non-hydrogen) atoms. The van der Waals surface area contributed by atoms with Crippen LogP contribution in [-0.2, 0) is 37.5 Å². The number of ether oxygens (including phenoxy) is 2. The molecule has 0 amide bonds. The van der Waals surface area contributed by atoms with Crippen LogP contribution in [0.1, 0.15) is 162 Å². The van der Waals surface area contributed by atoms with Crippen LogP contribution in [0.3, 0.4) is 0 Å². The standard InChI is InChI=1S/C41H74NO11P/c1-3-5-7-8-9-10-11-12-13-14-15-16-22-26-41(47)53-35(33-52-54(48,49)51-30-29-42)32-50-40(46)25-21-18-17-20-24-36-37(39(45)31-38(36)44)28-27-34(43)23-19-6-4-2/h17,20,27-28,34-38,43-44H,3-16,18-19,21-26,29-33,42H2,1-2H3,(H,48,49)/b20-17-,28-27+/t34-,35+,36+,37+,38-/m0/s1. The maximum Gasteiger partial charge on any atom is 0.472 e. The molecule has 13 heteroatoms. The molecule has 1 unspecified atom stereocenters. The fourth-order valence-corrected chi connectivity index (χ4v) is 7.26. The predicted octanol–water partition coefficient (Wildman–Crippen LogP) is 8.20. The van der Waals surface area contributed by atoms with Gasteiger partial charge in [-0.25, -0.2) is 4.57 Å². The summed E-state index contributed by atoms with van der Waals surface area (Å²) in [5.74, 6) is -1.75. The monoisotopic (exact) mass is 787 g/mol. The molecule has 1 rings (SSSR count). The van der Waals surface area contributed by atoms with Crippen LogP contribution in [0.5, 0.6) is 0 Å². The van der Waals surface area contributed by atoms with Gasteiger partial charge in [-0.1, -0.05) is 134 Å². The van der Waals surface area contributed by atoms with E-state index in [1.165, 1.54) is 57.8 Å². The van der Waals surface area contributed by atoms with Crippen molar-refractivity contribution in [3.63, 3.8) is 0 Å². The highest BCUT2D eigenvalue weighted by atomic mass is 31.2. The number of carbonyl (C=O) groups excluding carboxylic acids is 3. The Labute approximate surface area is 325 Å². The summed E-state index contributed by atoms with van der Waals surface area (Å²) in [4.78, 5) is 47.4. The smallest absolute Gasteiger partial charge is 0.462 e. The molecule has 5 N–H and O–H groups in total. The third-order valence-corrected chi connectivity index (χ3v) is 10.7. The first kappa shape index (κ1) is 50.1. The summed E-state index contributed by atoms with van der Waals surface area (Å²) in [7, 11) is -4.44. The Hall–Kier alpha value is -1.92. The molecule has 1 fully saturated rings. The molecule has 12 nitrogen and oxygen atoms in total. The van der Waals surface area contributed by atoms with E-state index in [0.717, 1.165) is 38.5 Å². The number of carbonyl (C=O) groups is 3. The minimum Gasteiger partial charge on any atom is -0.462 e. The average Bonchev–Trinajstić information content (AvgIpc) is 3.41. The molecular weight excluding hydrogens is 713 g/mol. The molecule has 1 saturated carbocycles. The first-order chi connectivity index (χ1) is 26.0. The van der Waals surface area contributed by atoms with Crippen LogP contribution in [0.15, 0.2) is 24.3 Å². The molecule has 1 aliphatic carbocycles. The summed E-state index contributed by atoms with van der Waals surface area (Å²) in [6, 6.07) is 0. The van der Waals surface area contributed by atoms with Crippen molar-refractivity contribution in [3.05, 3.63) is 24.3 Å². The molecule has 0 aromatic heterocycles. The Bertz CT molecular complexity index is 1100. The van der Waals surface area contributed by atoms with Crippen molar-refractivity contribution in [1.29, 1.82) is 0 Å². The van der Waals surface area contributed by atoms with Gasteiger partial charge in [0, 0.05) is 37.6 Å². The molecule has 314 valence electrons. The number of allylic oxidation sites excluding steroid dienone is 3. The van der Waals surface area contributed by atoms with Gasteiger partial charge in [0.25, 0.3) is 0 Å². The maximum absolute atomic E-state index is 12.6. The number of esters is 2. The van der Waals surface area contributed by atoms with Gasteiger partial charge >= 0.3 is 19.8 Å². The second-order valence-corrected chi connectivity index (χ2v) is 16.1. The predicted molar refractivity (Wildman–Crippen MR) is 211 cm³/mol. The number of hydrogen-bond donors (Lipinski definition) is 4. The van der Waals surface area contributed by atoms with Crippen LogP contribution in [0.4, 0.5) is 0 Å². The Morgan fingerprint density at radius 1 is 0.833 bits per heavy atom. The van der Waals surface area contributed by atoms with Gasteiger partial charge in [-0.15, -0.1) is 0 Å². The van der Waals surface area contributed by atoms with Gasteiger partial charge in [0.2, 0.25) is 0 Å². The zero-order chi connectivity index (χ0) is 39.9. The van der Waals surface area contributed by atoms with Gasteiger partial charge in [-0.05, 0) is 32.1 Å². The first-order valence-corrected chi connectivity index (χ1v) is 22.4. The van der Waals surface area contributed by atoms with Gasteiger partial charge in [0.1, 0.15) is 12.4 Å². The minimum absolute atomic E-state index is 0.0165. The lowest BCUT2D eigenvalue weighted by Gasteiger charge is -2.19. The summed E-state index contributed by atoms with van der Waals surface area (Å²) in [5.41, 5.74) is 5.33. The largest absolute Gasteiger partial charge is 0.472 e. The zero-order valence-electron chi connectivity index (χ0n) is 33.4. The third kappa shape index (κ3) is 26.0.